The van der Waals surface area contributed by atoms with Gasteiger partial charge in [-0.1, -0.05) is 158 Å². The first-order chi connectivity index (χ1) is 23.2. The van der Waals surface area contributed by atoms with Gasteiger partial charge in [-0.15, -0.1) is 0 Å². The summed E-state index contributed by atoms with van der Waals surface area (Å²) < 4.78 is 0. The summed E-state index contributed by atoms with van der Waals surface area (Å²) in [5, 5.41) is 45.3. The molecule has 0 aromatic heterocycles. The third-order valence-electron chi connectivity index (χ3n) is 13.2. The van der Waals surface area contributed by atoms with Crippen molar-refractivity contribution in [3.63, 3.8) is 0 Å². The van der Waals surface area contributed by atoms with Crippen LogP contribution in [-0.4, -0.2) is 44.3 Å². The standard InChI is InChI=1S/C41H74O8/c1-9-17-21-30(13-5)25-38(26-31(14-6)22-18-10-2)29-40(34(42)43,35(44)45)41(36(46)47,37(48)49)39(38,27-32(15-7)23-19-11-3)28-33(16-8)24-20-12-4/h30-33H,9-29H2,1-8H3,(H,42,43)(H,44,45)(H,46,47)(H,48,49). The van der Waals surface area contributed by atoms with Crippen LogP contribution < -0.4 is 0 Å². The van der Waals surface area contributed by atoms with E-state index in [0.29, 0.717) is 25.7 Å². The topological polar surface area (TPSA) is 149 Å². The van der Waals surface area contributed by atoms with Crippen molar-refractivity contribution in [2.45, 2.75) is 190 Å². The van der Waals surface area contributed by atoms with Gasteiger partial charge in [-0.2, -0.15) is 0 Å². The van der Waals surface area contributed by atoms with Crippen LogP contribution in [0.2, 0.25) is 0 Å². The number of hydrogen-bond donors (Lipinski definition) is 4. The van der Waals surface area contributed by atoms with Crippen LogP contribution in [0, 0.1) is 45.3 Å². The Morgan fingerprint density at radius 1 is 0.469 bits per heavy atom. The highest BCUT2D eigenvalue weighted by molar-refractivity contribution is 6.14. The van der Waals surface area contributed by atoms with E-state index < -0.39 is 52.0 Å². The third kappa shape index (κ3) is 9.04. The van der Waals surface area contributed by atoms with E-state index >= 15 is 0 Å². The molecule has 8 heteroatoms. The van der Waals surface area contributed by atoms with E-state index in [1.54, 1.807) is 0 Å². The van der Waals surface area contributed by atoms with Crippen LogP contribution in [0.3, 0.4) is 0 Å². The molecule has 0 heterocycles. The Hall–Kier alpha value is -2.12. The van der Waals surface area contributed by atoms with Gasteiger partial charge < -0.3 is 20.4 Å². The number of carboxylic acid groups (broad SMARTS) is 4. The second-order valence-electron chi connectivity index (χ2n) is 15.9. The molecular formula is C41H74O8. The van der Waals surface area contributed by atoms with Gasteiger partial charge in [0.2, 0.25) is 0 Å². The quantitative estimate of drug-likeness (QED) is 0.0591. The van der Waals surface area contributed by atoms with E-state index in [0.717, 1.165) is 89.9 Å². The van der Waals surface area contributed by atoms with Crippen LogP contribution in [0.1, 0.15) is 190 Å². The normalized spacial score (nSPS) is 23.8. The molecule has 0 spiro atoms. The molecule has 1 saturated carbocycles. The lowest BCUT2D eigenvalue weighted by atomic mass is 9.44. The summed E-state index contributed by atoms with van der Waals surface area (Å²) in [5.41, 5.74) is -8.80. The van der Waals surface area contributed by atoms with Crippen molar-refractivity contribution in [1.29, 1.82) is 0 Å². The molecule has 286 valence electrons. The van der Waals surface area contributed by atoms with E-state index in [4.69, 9.17) is 0 Å². The largest absolute Gasteiger partial charge is 0.480 e. The fourth-order valence-corrected chi connectivity index (χ4v) is 10.4. The van der Waals surface area contributed by atoms with Crippen molar-refractivity contribution < 1.29 is 39.6 Å². The maximum absolute atomic E-state index is 14.2. The lowest BCUT2D eigenvalue weighted by Gasteiger charge is -2.56. The summed E-state index contributed by atoms with van der Waals surface area (Å²) in [6.07, 6.45) is 14.5. The monoisotopic (exact) mass is 695 g/mol. The van der Waals surface area contributed by atoms with Crippen molar-refractivity contribution in [2.75, 3.05) is 0 Å². The van der Waals surface area contributed by atoms with Crippen LogP contribution >= 0.6 is 0 Å². The van der Waals surface area contributed by atoms with Crippen molar-refractivity contribution in [1.82, 2.24) is 0 Å². The zero-order chi connectivity index (χ0) is 37.5. The molecule has 0 aromatic rings. The first-order valence-corrected chi connectivity index (χ1v) is 20.1. The average molecular weight is 695 g/mol. The van der Waals surface area contributed by atoms with Gasteiger partial charge >= 0.3 is 23.9 Å². The van der Waals surface area contributed by atoms with Gasteiger partial charge in [0.15, 0.2) is 10.8 Å². The second-order valence-corrected chi connectivity index (χ2v) is 15.9. The van der Waals surface area contributed by atoms with Crippen molar-refractivity contribution in [3.8, 4) is 0 Å². The van der Waals surface area contributed by atoms with E-state index in [1.165, 1.54) is 0 Å². The summed E-state index contributed by atoms with van der Waals surface area (Å²) in [7, 11) is 0. The highest BCUT2D eigenvalue weighted by Crippen LogP contribution is 2.78. The molecule has 0 saturated heterocycles. The molecular weight excluding hydrogens is 620 g/mol. The van der Waals surface area contributed by atoms with Gasteiger partial charge in [-0.3, -0.25) is 19.2 Å². The Morgan fingerprint density at radius 2 is 0.755 bits per heavy atom. The van der Waals surface area contributed by atoms with E-state index in [1.807, 2.05) is 0 Å². The van der Waals surface area contributed by atoms with Crippen LogP contribution in [0.5, 0.6) is 0 Å². The maximum Gasteiger partial charge on any atom is 0.323 e. The van der Waals surface area contributed by atoms with Crippen molar-refractivity contribution >= 4 is 23.9 Å². The third-order valence-corrected chi connectivity index (χ3v) is 13.2. The molecule has 0 amide bonds. The first kappa shape index (κ1) is 44.9. The summed E-state index contributed by atoms with van der Waals surface area (Å²) in [5.74, 6) is -7.21. The Kier molecular flexibility index (Phi) is 18.9. The predicted octanol–water partition coefficient (Wildman–Crippen LogP) is 11.1. The molecule has 1 aliphatic rings. The van der Waals surface area contributed by atoms with Gasteiger partial charge in [0.25, 0.3) is 0 Å². The SMILES string of the molecule is CCCCC(CC)CC1(CC(CC)CCCC)CC(C(=O)O)(C(=O)O)C(C(=O)O)(C(=O)O)C1(CC(CC)CCCC)CC(CC)CCCC. The van der Waals surface area contributed by atoms with Crippen LogP contribution in [0.4, 0.5) is 0 Å². The lowest BCUT2D eigenvalue weighted by molar-refractivity contribution is -0.207. The average Bonchev–Trinajstić information content (AvgIpc) is 3.29. The predicted molar refractivity (Wildman–Crippen MR) is 197 cm³/mol. The highest BCUT2D eigenvalue weighted by Gasteiger charge is 2.88. The zero-order valence-corrected chi connectivity index (χ0v) is 32.6. The molecule has 0 aromatic carbocycles. The van der Waals surface area contributed by atoms with Crippen LogP contribution in [-0.2, 0) is 19.2 Å². The van der Waals surface area contributed by atoms with Crippen molar-refractivity contribution in [2.24, 2.45) is 45.3 Å². The van der Waals surface area contributed by atoms with E-state index in [9.17, 15) is 39.6 Å². The summed E-state index contributed by atoms with van der Waals surface area (Å²) in [4.78, 5) is 55.9. The smallest absolute Gasteiger partial charge is 0.323 e. The Balaban J connectivity index is 4.74. The maximum atomic E-state index is 14.2. The number of carbonyl (C=O) groups is 4. The number of hydrogen-bond acceptors (Lipinski definition) is 4. The van der Waals surface area contributed by atoms with Gasteiger partial charge in [-0.05, 0) is 61.2 Å². The highest BCUT2D eigenvalue weighted by atomic mass is 16.4. The lowest BCUT2D eigenvalue weighted by Crippen LogP contribution is -2.65. The molecule has 1 fully saturated rings. The Morgan fingerprint density at radius 3 is 0.980 bits per heavy atom. The van der Waals surface area contributed by atoms with Gasteiger partial charge in [-0.25, -0.2) is 0 Å². The number of unbranched alkanes of at least 4 members (excludes halogenated alkanes) is 4. The fourth-order valence-electron chi connectivity index (χ4n) is 10.4. The number of carboxylic acids is 4. The molecule has 1 rings (SSSR count). The molecule has 1 aliphatic carbocycles. The minimum absolute atomic E-state index is 0.0640. The van der Waals surface area contributed by atoms with Crippen LogP contribution in [0.25, 0.3) is 0 Å². The Bertz CT molecular complexity index is 971. The molecule has 4 unspecified atom stereocenters. The molecule has 49 heavy (non-hydrogen) atoms. The minimum atomic E-state index is -3.05. The van der Waals surface area contributed by atoms with Gasteiger partial charge in [0, 0.05) is 5.41 Å². The summed E-state index contributed by atoms with van der Waals surface area (Å²) in [6.45, 7) is 16.8. The molecule has 4 atom stereocenters. The summed E-state index contributed by atoms with van der Waals surface area (Å²) in [6, 6.07) is 0. The molecule has 0 bridgehead atoms. The molecule has 0 radical (unpaired) electrons. The minimum Gasteiger partial charge on any atom is -0.480 e. The first-order valence-electron chi connectivity index (χ1n) is 20.1. The summed E-state index contributed by atoms with van der Waals surface area (Å²) >= 11 is 0. The zero-order valence-electron chi connectivity index (χ0n) is 32.6. The fraction of sp³-hybridized carbons (Fsp3) is 0.902. The van der Waals surface area contributed by atoms with E-state index in [-0.39, 0.29) is 36.5 Å². The molecule has 8 nitrogen and oxygen atoms in total. The van der Waals surface area contributed by atoms with Crippen LogP contribution in [0.15, 0.2) is 0 Å². The molecule has 0 aliphatic heterocycles. The number of aliphatic carboxylic acids is 4. The Labute approximate surface area is 298 Å². The second kappa shape index (κ2) is 20.7. The number of rotatable bonds is 28. The van der Waals surface area contributed by atoms with E-state index in [2.05, 4.69) is 55.4 Å². The molecule has 4 N–H and O–H groups in total. The van der Waals surface area contributed by atoms with Gasteiger partial charge in [0.1, 0.15) is 0 Å². The van der Waals surface area contributed by atoms with Crippen molar-refractivity contribution in [3.05, 3.63) is 0 Å². The van der Waals surface area contributed by atoms with Gasteiger partial charge in [0.05, 0.1) is 0 Å².